The number of esters is 1. The second-order valence-corrected chi connectivity index (χ2v) is 8.94. The predicted octanol–water partition coefficient (Wildman–Crippen LogP) is 8.15. The van der Waals surface area contributed by atoms with Gasteiger partial charge in [-0.05, 0) is 68.8 Å². The Morgan fingerprint density at radius 3 is 1.66 bits per heavy atom. The maximum absolute atomic E-state index is 11.6. The molecule has 3 rings (SSSR count). The van der Waals surface area contributed by atoms with Crippen LogP contribution in [0.5, 0.6) is 17.2 Å². The number of ether oxygens (including phenoxy) is 4. The van der Waals surface area contributed by atoms with Gasteiger partial charge in [-0.2, -0.15) is 0 Å². The van der Waals surface area contributed by atoms with E-state index in [0.717, 1.165) is 24.3 Å². The third-order valence-corrected chi connectivity index (χ3v) is 5.56. The van der Waals surface area contributed by atoms with Crippen LogP contribution in [0.15, 0.2) is 84.9 Å². The van der Waals surface area contributed by atoms with Crippen molar-refractivity contribution in [2.75, 3.05) is 6.61 Å². The second kappa shape index (κ2) is 18.7. The highest BCUT2D eigenvalue weighted by Crippen LogP contribution is 2.15. The minimum atomic E-state index is -0.374. The van der Waals surface area contributed by atoms with Gasteiger partial charge in [0, 0.05) is 0 Å². The van der Waals surface area contributed by atoms with Crippen molar-refractivity contribution in [1.29, 1.82) is 0 Å². The predicted molar refractivity (Wildman–Crippen MR) is 151 cm³/mol. The molecule has 38 heavy (non-hydrogen) atoms. The van der Waals surface area contributed by atoms with Crippen LogP contribution < -0.4 is 9.47 Å². The van der Waals surface area contributed by atoms with Gasteiger partial charge < -0.3 is 24.1 Å². The van der Waals surface area contributed by atoms with Crippen molar-refractivity contribution < 1.29 is 28.8 Å². The van der Waals surface area contributed by atoms with Crippen LogP contribution in [-0.2, 0) is 9.47 Å². The number of hydrogen-bond acceptors (Lipinski definition) is 6. The van der Waals surface area contributed by atoms with Gasteiger partial charge in [0.2, 0.25) is 12.6 Å². The van der Waals surface area contributed by atoms with Gasteiger partial charge in [0.1, 0.15) is 17.2 Å². The Hall–Kier alpha value is -3.51. The molecule has 0 aliphatic heterocycles. The van der Waals surface area contributed by atoms with Crippen molar-refractivity contribution >= 4 is 5.97 Å². The molecule has 3 aromatic rings. The van der Waals surface area contributed by atoms with Gasteiger partial charge in [-0.15, -0.1) is 0 Å². The maximum Gasteiger partial charge on any atom is 0.338 e. The first-order valence-electron chi connectivity index (χ1n) is 13.5. The molecule has 0 heterocycles. The van der Waals surface area contributed by atoms with Crippen LogP contribution in [0.1, 0.15) is 76.1 Å². The van der Waals surface area contributed by atoms with Crippen molar-refractivity contribution in [3.8, 4) is 17.2 Å². The lowest BCUT2D eigenvalue weighted by molar-refractivity contribution is -0.167. The van der Waals surface area contributed by atoms with E-state index in [0.29, 0.717) is 12.2 Å². The fourth-order valence-corrected chi connectivity index (χ4v) is 3.61. The Kier molecular flexibility index (Phi) is 15.1. The van der Waals surface area contributed by atoms with E-state index >= 15 is 0 Å². The first-order valence-corrected chi connectivity index (χ1v) is 13.5. The van der Waals surface area contributed by atoms with E-state index in [-0.39, 0.29) is 24.3 Å². The first-order chi connectivity index (χ1) is 18.5. The molecule has 0 bridgehead atoms. The minimum absolute atomic E-state index is 0.156. The molecule has 0 amide bonds. The summed E-state index contributed by atoms with van der Waals surface area (Å²) in [6, 6.07) is 25.3. The number of carbonyl (C=O) groups excluding carboxylic acids is 1. The Bertz CT molecular complexity index is 946. The molecule has 0 spiro atoms. The summed E-state index contributed by atoms with van der Waals surface area (Å²) in [7, 11) is 0. The first kappa shape index (κ1) is 30.7. The molecule has 0 aliphatic rings. The van der Waals surface area contributed by atoms with Crippen LogP contribution in [0.4, 0.5) is 0 Å². The molecule has 0 aromatic heterocycles. The molecular formula is C32H42O6. The van der Waals surface area contributed by atoms with Crippen molar-refractivity contribution in [2.45, 2.75) is 78.3 Å². The Morgan fingerprint density at radius 2 is 1.16 bits per heavy atom. The van der Waals surface area contributed by atoms with Gasteiger partial charge in [-0.3, -0.25) is 0 Å². The van der Waals surface area contributed by atoms with Gasteiger partial charge in [-0.1, -0.05) is 81.8 Å². The highest BCUT2D eigenvalue weighted by molar-refractivity contribution is 5.89. The highest BCUT2D eigenvalue weighted by Gasteiger charge is 2.11. The number of benzene rings is 3. The summed E-state index contributed by atoms with van der Waals surface area (Å²) in [4.78, 5) is 11.6. The molecule has 6 heteroatoms. The average molecular weight is 523 g/mol. The number of rotatable bonds is 15. The SMILES string of the molecule is CC(Oc1ccccc1)OC(C)Oc1ccccc1.CCCCCCCCCOC(=O)c1ccc(O)cc1. The summed E-state index contributed by atoms with van der Waals surface area (Å²) in [6.45, 7) is 6.38. The molecule has 0 fully saturated rings. The van der Waals surface area contributed by atoms with E-state index in [4.69, 9.17) is 24.1 Å². The molecule has 206 valence electrons. The van der Waals surface area contributed by atoms with E-state index in [1.54, 1.807) is 12.1 Å². The third kappa shape index (κ3) is 13.7. The number of unbranched alkanes of at least 4 members (excludes halogenated alkanes) is 6. The molecule has 0 saturated heterocycles. The number of hydrogen-bond donors (Lipinski definition) is 1. The molecule has 0 saturated carbocycles. The smallest absolute Gasteiger partial charge is 0.338 e. The Labute approximate surface area is 227 Å². The topological polar surface area (TPSA) is 74.2 Å². The quantitative estimate of drug-likeness (QED) is 0.123. The van der Waals surface area contributed by atoms with Crippen LogP contribution in [0, 0.1) is 0 Å². The van der Waals surface area contributed by atoms with Crippen molar-refractivity contribution in [3.05, 3.63) is 90.5 Å². The zero-order valence-electron chi connectivity index (χ0n) is 22.9. The zero-order chi connectivity index (χ0) is 27.4. The number of phenols is 1. The summed E-state index contributed by atoms with van der Waals surface area (Å²) >= 11 is 0. The van der Waals surface area contributed by atoms with Gasteiger partial charge in [0.25, 0.3) is 0 Å². The van der Waals surface area contributed by atoms with Crippen molar-refractivity contribution in [1.82, 2.24) is 0 Å². The van der Waals surface area contributed by atoms with Crippen molar-refractivity contribution in [2.24, 2.45) is 0 Å². The highest BCUT2D eigenvalue weighted by atomic mass is 16.8. The number of carbonyl (C=O) groups is 1. The molecule has 6 nitrogen and oxygen atoms in total. The van der Waals surface area contributed by atoms with E-state index < -0.39 is 0 Å². The van der Waals surface area contributed by atoms with E-state index in [1.807, 2.05) is 74.5 Å². The summed E-state index contributed by atoms with van der Waals surface area (Å²) < 4.78 is 22.0. The Balaban J connectivity index is 0.000000267. The van der Waals surface area contributed by atoms with Crippen LogP contribution in [0.25, 0.3) is 0 Å². The normalized spacial score (nSPS) is 12.0. The average Bonchev–Trinajstić information content (AvgIpc) is 2.92. The number of para-hydroxylation sites is 2. The molecule has 2 unspecified atom stereocenters. The van der Waals surface area contributed by atoms with Gasteiger partial charge in [0.05, 0.1) is 12.2 Å². The minimum Gasteiger partial charge on any atom is -0.508 e. The van der Waals surface area contributed by atoms with Crippen molar-refractivity contribution in [3.63, 3.8) is 0 Å². The van der Waals surface area contributed by atoms with Crippen LogP contribution in [-0.4, -0.2) is 30.3 Å². The van der Waals surface area contributed by atoms with Crippen LogP contribution in [0.2, 0.25) is 0 Å². The molecule has 0 aliphatic carbocycles. The lowest BCUT2D eigenvalue weighted by atomic mass is 10.1. The number of aromatic hydroxyl groups is 1. The van der Waals surface area contributed by atoms with Crippen LogP contribution >= 0.6 is 0 Å². The lowest BCUT2D eigenvalue weighted by Crippen LogP contribution is -2.26. The van der Waals surface area contributed by atoms with Crippen LogP contribution in [0.3, 0.4) is 0 Å². The number of phenolic OH excluding ortho intramolecular Hbond substituents is 1. The van der Waals surface area contributed by atoms with E-state index in [2.05, 4.69) is 6.92 Å². The standard InChI is InChI=1S/C16H18O3.C16H24O3/c1-13(18-15-9-5-3-6-10-15)17-14(2)19-16-11-7-4-8-12-16;1-2-3-4-5-6-7-8-13-19-16(18)14-9-11-15(17)12-10-14/h3-14H,1-2H3;9-12,17H,2-8,13H2,1H3. The molecule has 1 N–H and O–H groups in total. The maximum atomic E-state index is 11.6. The van der Waals surface area contributed by atoms with Gasteiger partial charge >= 0.3 is 5.97 Å². The van der Waals surface area contributed by atoms with Gasteiger partial charge in [0.15, 0.2) is 0 Å². The largest absolute Gasteiger partial charge is 0.508 e. The Morgan fingerprint density at radius 1 is 0.684 bits per heavy atom. The van der Waals surface area contributed by atoms with Gasteiger partial charge in [-0.25, -0.2) is 4.79 Å². The summed E-state index contributed by atoms with van der Waals surface area (Å²) in [5.41, 5.74) is 0.487. The summed E-state index contributed by atoms with van der Waals surface area (Å²) in [6.07, 6.45) is 7.69. The third-order valence-electron chi connectivity index (χ3n) is 5.56. The second-order valence-electron chi connectivity index (χ2n) is 8.94. The summed E-state index contributed by atoms with van der Waals surface area (Å²) in [5, 5.41) is 9.12. The van der Waals surface area contributed by atoms with E-state index in [1.165, 1.54) is 44.2 Å². The molecule has 0 radical (unpaired) electrons. The fraction of sp³-hybridized carbons (Fsp3) is 0.406. The zero-order valence-corrected chi connectivity index (χ0v) is 22.9. The molecular weight excluding hydrogens is 480 g/mol. The molecule has 3 aromatic carbocycles. The van der Waals surface area contributed by atoms with E-state index in [9.17, 15) is 4.79 Å². The lowest BCUT2D eigenvalue weighted by Gasteiger charge is -2.21. The molecule has 2 atom stereocenters. The summed E-state index contributed by atoms with van der Waals surface area (Å²) in [5.74, 6) is 1.40. The monoisotopic (exact) mass is 522 g/mol. The fourth-order valence-electron chi connectivity index (χ4n) is 3.61.